The lowest BCUT2D eigenvalue weighted by atomic mass is 10.5. The molecule has 0 heterocycles. The second kappa shape index (κ2) is 18.5. The minimum Gasteiger partial charge on any atom is -0.391 e. The van der Waals surface area contributed by atoms with Gasteiger partial charge in [-0.3, -0.25) is 0 Å². The minimum absolute atomic E-state index is 0.617. The van der Waals surface area contributed by atoms with Crippen LogP contribution in [0.1, 0.15) is 20.8 Å². The monoisotopic (exact) mass is 482 g/mol. The fourth-order valence-corrected chi connectivity index (χ4v) is 0. The third kappa shape index (κ3) is 59.4. The third-order valence-corrected chi connectivity index (χ3v) is 3.28. The van der Waals surface area contributed by atoms with Gasteiger partial charge in [-0.05, 0) is 20.8 Å². The molecule has 23 heavy (non-hydrogen) atoms. The number of phosphoric acid groups is 1. The summed E-state index contributed by atoms with van der Waals surface area (Å²) in [6.07, 6.45) is -1.85. The summed E-state index contributed by atoms with van der Waals surface area (Å²) in [5, 5.41) is 25.1. The van der Waals surface area contributed by atoms with Gasteiger partial charge in [0.15, 0.2) is 0 Å². The molecule has 0 aliphatic rings. The molecule has 7 nitrogen and oxygen atoms in total. The van der Waals surface area contributed by atoms with Crippen molar-refractivity contribution in [2.45, 2.75) is 53.6 Å². The molecule has 0 radical (unpaired) electrons. The van der Waals surface area contributed by atoms with E-state index in [1.165, 1.54) is 20.8 Å². The summed E-state index contributed by atoms with van der Waals surface area (Å²) in [4.78, 5) is 19.6. The van der Waals surface area contributed by atoms with Crippen LogP contribution in [0.15, 0.2) is 0 Å². The maximum absolute atomic E-state index is 8.88. The van der Waals surface area contributed by atoms with E-state index >= 15 is 0 Å². The van der Waals surface area contributed by atoms with E-state index in [0.717, 1.165) is 0 Å². The maximum atomic E-state index is 8.88. The number of hydrogen-bond donors (Lipinski definition) is 6. The van der Waals surface area contributed by atoms with Crippen LogP contribution >= 0.6 is 77.4 Å². The van der Waals surface area contributed by atoms with Crippen LogP contribution < -0.4 is 0 Å². The number of hydrogen-bond acceptors (Lipinski definition) is 4. The van der Waals surface area contributed by atoms with E-state index < -0.39 is 40.6 Å². The van der Waals surface area contributed by atoms with Crippen molar-refractivity contribution >= 4 is 77.4 Å². The Morgan fingerprint density at radius 2 is 0.652 bits per heavy atom. The highest BCUT2D eigenvalue weighted by Crippen LogP contribution is 2.25. The minimum atomic E-state index is -4.64. The molecule has 0 aromatic rings. The number of alkyl halides is 6. The first-order chi connectivity index (χ1) is 9.93. The molecule has 0 aliphatic carbocycles. The van der Waals surface area contributed by atoms with E-state index in [2.05, 4.69) is 0 Å². The Kier molecular flexibility index (Phi) is 26.1. The Labute approximate surface area is 165 Å². The summed E-state index contributed by atoms with van der Waals surface area (Å²) < 4.78 is 8.88. The van der Waals surface area contributed by atoms with Crippen LogP contribution in [-0.4, -0.2) is 62.8 Å². The molecule has 0 saturated heterocycles. The summed E-state index contributed by atoms with van der Waals surface area (Å²) in [7, 11) is -4.64. The molecule has 0 fully saturated rings. The van der Waals surface area contributed by atoms with Gasteiger partial charge in [-0.2, -0.15) is 0 Å². The maximum Gasteiger partial charge on any atom is 0.466 e. The quantitative estimate of drug-likeness (QED) is 0.267. The Morgan fingerprint density at radius 1 is 0.609 bits per heavy atom. The summed E-state index contributed by atoms with van der Waals surface area (Å²) in [5.41, 5.74) is 0. The van der Waals surface area contributed by atoms with E-state index in [9.17, 15) is 0 Å². The van der Waals surface area contributed by atoms with Crippen molar-refractivity contribution in [2.24, 2.45) is 0 Å². The topological polar surface area (TPSA) is 138 Å². The van der Waals surface area contributed by atoms with Crippen LogP contribution in [0.3, 0.4) is 0 Å². The van der Waals surface area contributed by atoms with Crippen LogP contribution in [0.5, 0.6) is 0 Å². The van der Waals surface area contributed by atoms with Gasteiger partial charge in [-0.1, -0.05) is 0 Å². The predicted octanol–water partition coefficient (Wildman–Crippen LogP) is 2.58. The second-order valence-corrected chi connectivity index (χ2v) is 8.26. The van der Waals surface area contributed by atoms with Gasteiger partial charge >= 0.3 is 7.82 Å². The molecule has 3 atom stereocenters. The van der Waals surface area contributed by atoms with Crippen molar-refractivity contribution in [2.75, 3.05) is 0 Å². The van der Waals surface area contributed by atoms with Gasteiger partial charge in [0.2, 0.25) is 0 Å². The normalized spacial score (nSPS) is 14.7. The first-order valence-electron chi connectivity index (χ1n) is 5.60. The highest BCUT2D eigenvalue weighted by Gasteiger charge is 2.04. The van der Waals surface area contributed by atoms with E-state index in [0.29, 0.717) is 0 Å². The molecule has 0 rings (SSSR count). The van der Waals surface area contributed by atoms with Crippen LogP contribution in [0.2, 0.25) is 0 Å². The Hall–Kier alpha value is 1.73. The molecule has 146 valence electrons. The lowest BCUT2D eigenvalue weighted by Crippen LogP contribution is -2.08. The number of aliphatic hydroxyl groups is 3. The summed E-state index contributed by atoms with van der Waals surface area (Å²) >= 11 is 30.8. The Morgan fingerprint density at radius 3 is 0.652 bits per heavy atom. The van der Waals surface area contributed by atoms with E-state index in [4.69, 9.17) is 104 Å². The van der Waals surface area contributed by atoms with Crippen molar-refractivity contribution < 1.29 is 34.6 Å². The van der Waals surface area contributed by atoms with E-state index in [1.807, 2.05) is 0 Å². The predicted molar refractivity (Wildman–Crippen MR) is 95.8 cm³/mol. The second-order valence-electron chi connectivity index (χ2n) is 3.74. The van der Waals surface area contributed by atoms with Gasteiger partial charge in [0.05, 0.1) is 18.3 Å². The number of halogens is 6. The zero-order valence-electron chi connectivity index (χ0n) is 12.3. The fraction of sp³-hybridized carbons (Fsp3) is 1.00. The summed E-state index contributed by atoms with van der Waals surface area (Å²) in [6, 6.07) is 0. The van der Waals surface area contributed by atoms with Gasteiger partial charge in [-0.25, -0.2) is 4.57 Å². The zero-order valence-corrected chi connectivity index (χ0v) is 17.7. The van der Waals surface area contributed by atoms with Crippen molar-refractivity contribution in [3.8, 4) is 0 Å². The standard InChI is InChI=1S/3C3H6Cl2O.H3O4P/c3*1-2(6)3(4)5;1-5(2,3)4/h3*2-3,6H,1H3;(H3,1,2,3,4). The largest absolute Gasteiger partial charge is 0.466 e. The van der Waals surface area contributed by atoms with Crippen LogP contribution in [0.4, 0.5) is 0 Å². The molecule has 0 amide bonds. The van der Waals surface area contributed by atoms with Gasteiger partial charge in [-0.15, -0.1) is 69.6 Å². The van der Waals surface area contributed by atoms with Crippen molar-refractivity contribution in [1.82, 2.24) is 0 Å². The molecule has 0 aromatic carbocycles. The Balaban J connectivity index is -0.000000105. The first kappa shape index (κ1) is 32.4. The Bertz CT molecular complexity index is 231. The van der Waals surface area contributed by atoms with E-state index in [1.54, 1.807) is 0 Å². The van der Waals surface area contributed by atoms with Crippen molar-refractivity contribution in [1.29, 1.82) is 0 Å². The molecule has 0 spiro atoms. The molecule has 0 saturated carbocycles. The highest BCUT2D eigenvalue weighted by atomic mass is 35.5. The van der Waals surface area contributed by atoms with E-state index in [-0.39, 0.29) is 0 Å². The highest BCUT2D eigenvalue weighted by molar-refractivity contribution is 7.45. The molecule has 14 heteroatoms. The first-order valence-corrected chi connectivity index (χ1v) is 9.78. The molecular formula is C9H21Cl6O7P. The smallest absolute Gasteiger partial charge is 0.391 e. The lowest BCUT2D eigenvalue weighted by molar-refractivity contribution is 0.209. The molecular weight excluding hydrogens is 464 g/mol. The SMILES string of the molecule is CC(O)C(Cl)Cl.CC(O)C(Cl)Cl.CC(O)C(Cl)Cl.O=P(O)(O)O. The van der Waals surface area contributed by atoms with Crippen LogP contribution in [0.25, 0.3) is 0 Å². The molecule has 0 bridgehead atoms. The van der Waals surface area contributed by atoms with Crippen LogP contribution in [0, 0.1) is 0 Å². The molecule has 0 aliphatic heterocycles. The zero-order chi connectivity index (χ0) is 20.0. The van der Waals surface area contributed by atoms with Crippen molar-refractivity contribution in [3.05, 3.63) is 0 Å². The van der Waals surface area contributed by atoms with Gasteiger partial charge in [0.25, 0.3) is 0 Å². The van der Waals surface area contributed by atoms with Crippen molar-refractivity contribution in [3.63, 3.8) is 0 Å². The average molecular weight is 485 g/mol. The molecule has 3 unspecified atom stereocenters. The van der Waals surface area contributed by atoms with Gasteiger partial charge < -0.3 is 30.0 Å². The molecule has 0 aromatic heterocycles. The summed E-state index contributed by atoms with van der Waals surface area (Å²) in [6.45, 7) is 4.60. The number of aliphatic hydroxyl groups excluding tert-OH is 3. The fourth-order valence-electron chi connectivity index (χ4n) is 0. The van der Waals surface area contributed by atoms with Crippen LogP contribution in [-0.2, 0) is 4.57 Å². The summed E-state index contributed by atoms with van der Waals surface area (Å²) in [5.74, 6) is 0. The third-order valence-electron chi connectivity index (χ3n) is 1.09. The number of rotatable bonds is 3. The average Bonchev–Trinajstić information content (AvgIpc) is 2.27. The molecule has 6 N–H and O–H groups in total. The lowest BCUT2D eigenvalue weighted by Gasteiger charge is -1.99. The van der Waals surface area contributed by atoms with Gasteiger partial charge in [0.1, 0.15) is 14.5 Å². The van der Waals surface area contributed by atoms with Gasteiger partial charge in [0, 0.05) is 0 Å².